The van der Waals surface area contributed by atoms with Crippen molar-refractivity contribution in [3.05, 3.63) is 35.1 Å². The van der Waals surface area contributed by atoms with Crippen LogP contribution < -0.4 is 5.73 Å². The molecule has 1 rings (SSSR count). The molecule has 0 fully saturated rings. The van der Waals surface area contributed by atoms with E-state index in [4.69, 9.17) is 12.2 Å². The van der Waals surface area contributed by atoms with Crippen LogP contribution in [0.15, 0.2) is 18.2 Å². The number of hydrogen-bond donors (Lipinski definition) is 1. The van der Waals surface area contributed by atoms with Gasteiger partial charge in [0.05, 0.1) is 6.54 Å². The van der Waals surface area contributed by atoms with Crippen LogP contribution in [-0.2, 0) is 13.1 Å². The smallest absolute Gasteiger partial charge is 0.127 e. The average molecular weight is 206 g/mol. The predicted molar refractivity (Wildman–Crippen MR) is 59.5 cm³/mol. The molecule has 0 saturated carbocycles. The van der Waals surface area contributed by atoms with Gasteiger partial charge in [-0.3, -0.25) is 4.90 Å². The number of terminal acetylenes is 1. The Labute approximate surface area is 89.9 Å². The van der Waals surface area contributed by atoms with Crippen LogP contribution in [0.3, 0.4) is 0 Å². The first-order valence-corrected chi connectivity index (χ1v) is 4.76. The van der Waals surface area contributed by atoms with Crippen LogP contribution in [0.1, 0.15) is 11.1 Å². The maximum Gasteiger partial charge on any atom is 0.127 e. The van der Waals surface area contributed by atoms with Crippen molar-refractivity contribution < 1.29 is 4.39 Å². The lowest BCUT2D eigenvalue weighted by Crippen LogP contribution is -2.18. The number of benzene rings is 1. The standard InChI is InChI=1S/C12H15FN2/c1-3-6-15(2)9-11-7-10(8-14)4-5-12(11)13/h1,4-5,7H,6,8-9,14H2,2H3. The molecule has 15 heavy (non-hydrogen) atoms. The lowest BCUT2D eigenvalue weighted by Gasteiger charge is -2.14. The molecular formula is C12H15FN2. The summed E-state index contributed by atoms with van der Waals surface area (Å²) in [5, 5.41) is 0. The van der Waals surface area contributed by atoms with E-state index < -0.39 is 0 Å². The van der Waals surface area contributed by atoms with E-state index in [2.05, 4.69) is 5.92 Å². The van der Waals surface area contributed by atoms with Crippen molar-refractivity contribution in [1.82, 2.24) is 4.90 Å². The lowest BCUT2D eigenvalue weighted by molar-refractivity contribution is 0.361. The second kappa shape index (κ2) is 5.50. The minimum absolute atomic E-state index is 0.212. The van der Waals surface area contributed by atoms with Gasteiger partial charge in [-0.2, -0.15) is 0 Å². The second-order valence-electron chi connectivity index (χ2n) is 3.51. The van der Waals surface area contributed by atoms with E-state index >= 15 is 0 Å². The van der Waals surface area contributed by atoms with Crippen molar-refractivity contribution in [1.29, 1.82) is 0 Å². The van der Waals surface area contributed by atoms with E-state index in [1.54, 1.807) is 12.1 Å². The normalized spacial score (nSPS) is 10.3. The number of halogens is 1. The summed E-state index contributed by atoms with van der Waals surface area (Å²) in [4.78, 5) is 1.87. The Balaban J connectivity index is 2.79. The Bertz CT molecular complexity index is 368. The summed E-state index contributed by atoms with van der Waals surface area (Å²) >= 11 is 0. The van der Waals surface area contributed by atoms with Gasteiger partial charge in [0, 0.05) is 18.7 Å². The summed E-state index contributed by atoms with van der Waals surface area (Å²) < 4.78 is 13.4. The van der Waals surface area contributed by atoms with Crippen LogP contribution in [-0.4, -0.2) is 18.5 Å². The van der Waals surface area contributed by atoms with Crippen LogP contribution in [0.2, 0.25) is 0 Å². The Kier molecular flexibility index (Phi) is 4.29. The minimum atomic E-state index is -0.212. The Morgan fingerprint density at radius 2 is 2.27 bits per heavy atom. The molecule has 0 heterocycles. The summed E-state index contributed by atoms with van der Waals surface area (Å²) in [6.07, 6.45) is 5.17. The van der Waals surface area contributed by atoms with Gasteiger partial charge in [-0.05, 0) is 18.7 Å². The first-order chi connectivity index (χ1) is 7.17. The fourth-order valence-corrected chi connectivity index (χ4v) is 1.38. The number of nitrogens with two attached hydrogens (primary N) is 1. The van der Waals surface area contributed by atoms with Gasteiger partial charge >= 0.3 is 0 Å². The van der Waals surface area contributed by atoms with E-state index in [1.165, 1.54) is 6.07 Å². The zero-order valence-corrected chi connectivity index (χ0v) is 8.83. The summed E-state index contributed by atoms with van der Waals surface area (Å²) in [5.74, 6) is 2.30. The maximum absolute atomic E-state index is 13.4. The van der Waals surface area contributed by atoms with Gasteiger partial charge < -0.3 is 5.73 Å². The van der Waals surface area contributed by atoms with Gasteiger partial charge in [-0.25, -0.2) is 4.39 Å². The summed E-state index contributed by atoms with van der Waals surface area (Å²) in [6.45, 7) is 1.43. The van der Waals surface area contributed by atoms with E-state index in [0.29, 0.717) is 25.2 Å². The molecular weight excluding hydrogens is 191 g/mol. The molecule has 0 atom stereocenters. The van der Waals surface area contributed by atoms with Gasteiger partial charge in [0.1, 0.15) is 5.82 Å². The van der Waals surface area contributed by atoms with E-state index in [-0.39, 0.29) is 5.82 Å². The monoisotopic (exact) mass is 206 g/mol. The van der Waals surface area contributed by atoms with Gasteiger partial charge in [-0.15, -0.1) is 6.42 Å². The molecule has 0 spiro atoms. The van der Waals surface area contributed by atoms with Crippen molar-refractivity contribution in [2.45, 2.75) is 13.1 Å². The van der Waals surface area contributed by atoms with E-state index in [9.17, 15) is 4.39 Å². The SMILES string of the molecule is C#CCN(C)Cc1cc(CN)ccc1F. The maximum atomic E-state index is 13.4. The van der Waals surface area contributed by atoms with Crippen LogP contribution >= 0.6 is 0 Å². The summed E-state index contributed by atoms with van der Waals surface area (Å²) in [5.41, 5.74) is 7.06. The van der Waals surface area contributed by atoms with Gasteiger partial charge in [0.2, 0.25) is 0 Å². The fraction of sp³-hybridized carbons (Fsp3) is 0.333. The topological polar surface area (TPSA) is 29.3 Å². The molecule has 0 amide bonds. The molecule has 0 unspecified atom stereocenters. The zero-order chi connectivity index (χ0) is 11.3. The van der Waals surface area contributed by atoms with Crippen LogP contribution in [0, 0.1) is 18.2 Å². The highest BCUT2D eigenvalue weighted by Crippen LogP contribution is 2.12. The van der Waals surface area contributed by atoms with E-state index in [0.717, 1.165) is 5.56 Å². The third-order valence-electron chi connectivity index (χ3n) is 2.15. The summed E-state index contributed by atoms with van der Waals surface area (Å²) in [7, 11) is 1.86. The average Bonchev–Trinajstić information content (AvgIpc) is 2.21. The Hall–Kier alpha value is -1.37. The summed E-state index contributed by atoms with van der Waals surface area (Å²) in [6, 6.07) is 4.92. The van der Waals surface area contributed by atoms with E-state index in [1.807, 2.05) is 11.9 Å². The largest absolute Gasteiger partial charge is 0.326 e. The van der Waals surface area contributed by atoms with Crippen molar-refractivity contribution >= 4 is 0 Å². The molecule has 0 aliphatic rings. The zero-order valence-electron chi connectivity index (χ0n) is 8.83. The molecule has 0 aliphatic carbocycles. The van der Waals surface area contributed by atoms with Gasteiger partial charge in [0.15, 0.2) is 0 Å². The molecule has 0 aliphatic heterocycles. The quantitative estimate of drug-likeness (QED) is 0.753. The Morgan fingerprint density at radius 1 is 1.53 bits per heavy atom. The third-order valence-corrected chi connectivity index (χ3v) is 2.15. The number of nitrogens with zero attached hydrogens (tertiary/aromatic N) is 1. The van der Waals surface area contributed by atoms with Crippen LogP contribution in [0.5, 0.6) is 0 Å². The first kappa shape index (κ1) is 11.7. The van der Waals surface area contributed by atoms with Crippen molar-refractivity contribution in [3.8, 4) is 12.3 Å². The van der Waals surface area contributed by atoms with Crippen molar-refractivity contribution in [3.63, 3.8) is 0 Å². The molecule has 0 radical (unpaired) electrons. The number of hydrogen-bond acceptors (Lipinski definition) is 2. The molecule has 0 aromatic heterocycles. The second-order valence-corrected chi connectivity index (χ2v) is 3.51. The minimum Gasteiger partial charge on any atom is -0.326 e. The fourth-order valence-electron chi connectivity index (χ4n) is 1.38. The van der Waals surface area contributed by atoms with Gasteiger partial charge in [0.25, 0.3) is 0 Å². The first-order valence-electron chi connectivity index (χ1n) is 4.76. The Morgan fingerprint density at radius 3 is 2.87 bits per heavy atom. The lowest BCUT2D eigenvalue weighted by atomic mass is 10.1. The molecule has 1 aromatic rings. The highest BCUT2D eigenvalue weighted by Gasteiger charge is 2.05. The highest BCUT2D eigenvalue weighted by molar-refractivity contribution is 5.25. The van der Waals surface area contributed by atoms with Crippen molar-refractivity contribution in [2.24, 2.45) is 5.73 Å². The predicted octanol–water partition coefficient (Wildman–Crippen LogP) is 1.35. The molecule has 2 N–H and O–H groups in total. The molecule has 2 nitrogen and oxygen atoms in total. The molecule has 3 heteroatoms. The molecule has 1 aromatic carbocycles. The number of rotatable bonds is 4. The van der Waals surface area contributed by atoms with Crippen LogP contribution in [0.4, 0.5) is 4.39 Å². The molecule has 0 bridgehead atoms. The molecule has 0 saturated heterocycles. The van der Waals surface area contributed by atoms with Gasteiger partial charge in [-0.1, -0.05) is 18.1 Å². The highest BCUT2D eigenvalue weighted by atomic mass is 19.1. The third kappa shape index (κ3) is 3.35. The molecule has 80 valence electrons. The van der Waals surface area contributed by atoms with Crippen LogP contribution in [0.25, 0.3) is 0 Å². The van der Waals surface area contributed by atoms with Crippen molar-refractivity contribution in [2.75, 3.05) is 13.6 Å².